The van der Waals surface area contributed by atoms with Gasteiger partial charge in [-0.1, -0.05) is 34.6 Å². The van der Waals surface area contributed by atoms with E-state index in [0.717, 1.165) is 23.1 Å². The van der Waals surface area contributed by atoms with E-state index in [0.29, 0.717) is 45.2 Å². The number of primary amides is 1. The number of carbonyl (C=O) groups is 3. The fourth-order valence-electron chi connectivity index (χ4n) is 4.53. The summed E-state index contributed by atoms with van der Waals surface area (Å²) in [6, 6.07) is 1.46. The second-order valence-electron chi connectivity index (χ2n) is 11.0. The van der Waals surface area contributed by atoms with E-state index in [9.17, 15) is 14.4 Å². The molecule has 2 rings (SSSR count). The number of carbonyl (C=O) groups excluding carboxylic acids is 3. The number of aryl methyl sites for hydroxylation is 2. The number of Topliss-reactive ketones (excluding diaryl/α,β-unsaturated/α-hetero) is 1. The molecule has 9 heteroatoms. The van der Waals surface area contributed by atoms with Crippen molar-refractivity contribution < 1.29 is 14.4 Å². The number of nitrogens with zero attached hydrogens (tertiary/aromatic N) is 3. The maximum Gasteiger partial charge on any atom is 0.312 e. The maximum absolute atomic E-state index is 13.1. The molecule has 200 valence electrons. The van der Waals surface area contributed by atoms with Crippen LogP contribution >= 0.6 is 0 Å². The van der Waals surface area contributed by atoms with Crippen LogP contribution in [0.4, 0.5) is 4.79 Å². The summed E-state index contributed by atoms with van der Waals surface area (Å²) in [6.07, 6.45) is 7.50. The number of amides is 3. The summed E-state index contributed by atoms with van der Waals surface area (Å²) in [6.45, 7) is 13.1. The van der Waals surface area contributed by atoms with E-state index in [1.165, 1.54) is 0 Å². The molecule has 2 aromatic rings. The first-order chi connectivity index (χ1) is 16.9. The highest BCUT2D eigenvalue weighted by molar-refractivity contribution is 5.86. The van der Waals surface area contributed by atoms with Gasteiger partial charge in [0.2, 0.25) is 5.91 Å². The molecule has 3 amide bonds. The van der Waals surface area contributed by atoms with Gasteiger partial charge >= 0.3 is 6.03 Å². The normalized spacial score (nSPS) is 13.5. The van der Waals surface area contributed by atoms with Crippen LogP contribution in [-0.4, -0.2) is 44.8 Å². The van der Waals surface area contributed by atoms with Crippen molar-refractivity contribution in [1.82, 2.24) is 25.2 Å². The molecular weight excluding hydrogens is 456 g/mol. The van der Waals surface area contributed by atoms with Gasteiger partial charge in [0.1, 0.15) is 17.8 Å². The molecule has 0 aliphatic heterocycles. The van der Waals surface area contributed by atoms with Crippen molar-refractivity contribution in [3.05, 3.63) is 24.3 Å². The molecular formula is C27H44N6O3. The molecule has 9 nitrogen and oxygen atoms in total. The Bertz CT molecular complexity index is 1020. The predicted octanol–water partition coefficient (Wildman–Crippen LogP) is 4.12. The molecule has 0 aromatic carbocycles. The van der Waals surface area contributed by atoms with Crippen LogP contribution in [0.2, 0.25) is 0 Å². The number of hydrogen-bond acceptors (Lipinski definition) is 5. The first-order valence-electron chi connectivity index (χ1n) is 13.0. The topological polar surface area (TPSA) is 132 Å². The summed E-state index contributed by atoms with van der Waals surface area (Å²) in [7, 11) is 0. The number of urea groups is 1. The molecule has 0 saturated heterocycles. The number of rotatable bonds is 14. The zero-order valence-electron chi connectivity index (χ0n) is 22.8. The van der Waals surface area contributed by atoms with Crippen LogP contribution in [0.25, 0.3) is 11.0 Å². The quantitative estimate of drug-likeness (QED) is 0.336. The van der Waals surface area contributed by atoms with E-state index in [4.69, 9.17) is 5.73 Å². The van der Waals surface area contributed by atoms with Crippen molar-refractivity contribution in [3.8, 4) is 0 Å². The average molecular weight is 501 g/mol. The van der Waals surface area contributed by atoms with Gasteiger partial charge in [0.05, 0.1) is 5.69 Å². The van der Waals surface area contributed by atoms with Gasteiger partial charge in [-0.2, -0.15) is 0 Å². The number of aromatic nitrogens is 3. The average Bonchev–Trinajstić information content (AvgIpc) is 3.20. The van der Waals surface area contributed by atoms with Crippen molar-refractivity contribution in [2.24, 2.45) is 23.0 Å². The molecule has 2 heterocycles. The minimum atomic E-state index is -0.551. The van der Waals surface area contributed by atoms with Crippen molar-refractivity contribution in [2.45, 2.75) is 92.7 Å². The van der Waals surface area contributed by atoms with Gasteiger partial charge in [0, 0.05) is 48.5 Å². The van der Waals surface area contributed by atoms with Gasteiger partial charge in [0.25, 0.3) is 0 Å². The van der Waals surface area contributed by atoms with Crippen LogP contribution in [0, 0.1) is 24.2 Å². The third-order valence-electron chi connectivity index (χ3n) is 6.67. The lowest BCUT2D eigenvalue weighted by Crippen LogP contribution is -2.39. The molecule has 0 aliphatic carbocycles. The first kappa shape index (κ1) is 29.3. The molecule has 2 aromatic heterocycles. The maximum atomic E-state index is 13.1. The molecule has 0 spiro atoms. The number of ketones is 1. The van der Waals surface area contributed by atoms with Crippen molar-refractivity contribution >= 4 is 28.8 Å². The SMILES string of the molecule is Cc1ncnc2c1ccn2CCCC(=O)N[C@H](CC[C@@H](CCCNC(N)=O)C(=O)C(C)(C)C)C(C)C. The third-order valence-corrected chi connectivity index (χ3v) is 6.67. The molecule has 36 heavy (non-hydrogen) atoms. The van der Waals surface area contributed by atoms with E-state index in [2.05, 4.69) is 39.0 Å². The summed E-state index contributed by atoms with van der Waals surface area (Å²) in [4.78, 5) is 45.4. The van der Waals surface area contributed by atoms with Gasteiger partial charge in [0.15, 0.2) is 0 Å². The van der Waals surface area contributed by atoms with Crippen LogP contribution < -0.4 is 16.4 Å². The summed E-state index contributed by atoms with van der Waals surface area (Å²) in [5.41, 5.74) is 6.54. The first-order valence-corrected chi connectivity index (χ1v) is 13.0. The number of nitrogens with two attached hydrogens (primary N) is 1. The van der Waals surface area contributed by atoms with Crippen molar-refractivity contribution in [1.29, 1.82) is 0 Å². The van der Waals surface area contributed by atoms with Gasteiger partial charge in [-0.15, -0.1) is 0 Å². The van der Waals surface area contributed by atoms with Crippen LogP contribution in [0.5, 0.6) is 0 Å². The van der Waals surface area contributed by atoms with E-state index in [1.807, 2.05) is 40.0 Å². The van der Waals surface area contributed by atoms with Gasteiger partial charge in [-0.25, -0.2) is 14.8 Å². The van der Waals surface area contributed by atoms with Gasteiger partial charge in [-0.3, -0.25) is 9.59 Å². The Morgan fingerprint density at radius 1 is 1.08 bits per heavy atom. The van der Waals surface area contributed by atoms with E-state index in [-0.39, 0.29) is 29.6 Å². The van der Waals surface area contributed by atoms with Crippen LogP contribution in [0.1, 0.15) is 78.8 Å². The van der Waals surface area contributed by atoms with E-state index in [1.54, 1.807) is 6.33 Å². The van der Waals surface area contributed by atoms with Crippen LogP contribution in [0.3, 0.4) is 0 Å². The highest BCUT2D eigenvalue weighted by atomic mass is 16.2. The number of hydrogen-bond donors (Lipinski definition) is 3. The Kier molecular flexibility index (Phi) is 10.9. The third kappa shape index (κ3) is 8.91. The lowest BCUT2D eigenvalue weighted by molar-refractivity contribution is -0.131. The summed E-state index contributed by atoms with van der Waals surface area (Å²) >= 11 is 0. The minimum Gasteiger partial charge on any atom is -0.353 e. The summed E-state index contributed by atoms with van der Waals surface area (Å²) in [5, 5.41) is 6.82. The molecule has 0 saturated carbocycles. The zero-order chi connectivity index (χ0) is 26.9. The Morgan fingerprint density at radius 2 is 1.81 bits per heavy atom. The van der Waals surface area contributed by atoms with Gasteiger partial charge in [-0.05, 0) is 51.0 Å². The fourth-order valence-corrected chi connectivity index (χ4v) is 4.53. The largest absolute Gasteiger partial charge is 0.353 e. The van der Waals surface area contributed by atoms with E-state index < -0.39 is 11.4 Å². The van der Waals surface area contributed by atoms with Gasteiger partial charge < -0.3 is 20.9 Å². The number of nitrogens with one attached hydrogen (secondary N) is 2. The molecule has 0 unspecified atom stereocenters. The van der Waals surface area contributed by atoms with Crippen molar-refractivity contribution in [3.63, 3.8) is 0 Å². The molecule has 4 N–H and O–H groups in total. The molecule has 0 bridgehead atoms. The zero-order valence-corrected chi connectivity index (χ0v) is 22.8. The Labute approximate surface area is 215 Å². The molecule has 2 atom stereocenters. The molecule has 0 radical (unpaired) electrons. The summed E-state index contributed by atoms with van der Waals surface area (Å²) < 4.78 is 2.06. The lowest BCUT2D eigenvalue weighted by Gasteiger charge is -2.28. The Balaban J connectivity index is 1.89. The monoisotopic (exact) mass is 500 g/mol. The molecule has 0 aliphatic rings. The Morgan fingerprint density at radius 3 is 2.44 bits per heavy atom. The second kappa shape index (κ2) is 13.4. The van der Waals surface area contributed by atoms with Crippen LogP contribution in [0.15, 0.2) is 18.6 Å². The van der Waals surface area contributed by atoms with Crippen LogP contribution in [-0.2, 0) is 16.1 Å². The highest BCUT2D eigenvalue weighted by Gasteiger charge is 2.30. The molecule has 0 fully saturated rings. The highest BCUT2D eigenvalue weighted by Crippen LogP contribution is 2.28. The minimum absolute atomic E-state index is 0.000637. The van der Waals surface area contributed by atoms with Crippen molar-refractivity contribution in [2.75, 3.05) is 6.54 Å². The second-order valence-corrected chi connectivity index (χ2v) is 11.0. The number of fused-ring (bicyclic) bond motifs is 1. The van der Waals surface area contributed by atoms with E-state index >= 15 is 0 Å². The smallest absolute Gasteiger partial charge is 0.312 e. The predicted molar refractivity (Wildman–Crippen MR) is 142 cm³/mol. The fraction of sp³-hybridized carbons (Fsp3) is 0.667. The Hall–Kier alpha value is -2.97. The lowest BCUT2D eigenvalue weighted by atomic mass is 9.78. The standard InChI is InChI=1S/C27H44N6O3/c1-18(2)22(12-11-20(24(35)27(4,5)6)9-7-14-29-26(28)36)32-23(34)10-8-15-33-16-13-21-19(3)30-17-31-25(21)33/h13,16-18,20,22H,7-12,14-15H2,1-6H3,(H,32,34)(H3,28,29,36)/t20-,22-/m1/s1. The summed E-state index contributed by atoms with van der Waals surface area (Å²) in [5.74, 6) is 0.378.